The Labute approximate surface area is 218 Å². The van der Waals surface area contributed by atoms with Crippen molar-refractivity contribution < 1.29 is 19.0 Å². The van der Waals surface area contributed by atoms with Crippen molar-refractivity contribution in [1.29, 1.82) is 5.26 Å². The molecule has 194 valence electrons. The number of carbonyl (C=O) groups is 1. The molecule has 1 heterocycles. The lowest BCUT2D eigenvalue weighted by atomic mass is 9.70. The minimum absolute atomic E-state index is 0.0797. The monoisotopic (exact) mass is 501 g/mol. The van der Waals surface area contributed by atoms with E-state index in [1.54, 1.807) is 7.11 Å². The quantitative estimate of drug-likeness (QED) is 0.423. The fourth-order valence-electron chi connectivity index (χ4n) is 5.44. The van der Waals surface area contributed by atoms with Crippen molar-refractivity contribution in [3.63, 3.8) is 0 Å². The van der Waals surface area contributed by atoms with Crippen LogP contribution in [0.1, 0.15) is 63.5 Å². The lowest BCUT2D eigenvalue weighted by Crippen LogP contribution is -2.32. The summed E-state index contributed by atoms with van der Waals surface area (Å²) in [6.07, 6.45) is 3.27. The predicted octanol–water partition coefficient (Wildman–Crippen LogP) is 5.99. The number of ether oxygens (including phenoxy) is 3. The number of nitrogens with zero attached hydrogens (tertiary/aromatic N) is 2. The van der Waals surface area contributed by atoms with E-state index < -0.39 is 11.8 Å². The fraction of sp³-hybridized carbons (Fsp3) is 0.433. The normalized spacial score (nSPS) is 21.1. The molecule has 1 aliphatic carbocycles. The van der Waals surface area contributed by atoms with Crippen LogP contribution in [-0.4, -0.2) is 25.2 Å². The molecule has 1 aliphatic heterocycles. The Hall–Kier alpha value is -3.79. The third kappa shape index (κ3) is 5.48. The zero-order valence-electron chi connectivity index (χ0n) is 22.0. The van der Waals surface area contributed by atoms with Gasteiger partial charge in [0.2, 0.25) is 0 Å². The smallest absolute Gasteiger partial charge is 0.184 e. The van der Waals surface area contributed by atoms with E-state index in [9.17, 15) is 10.1 Å². The number of rotatable bonds is 9. The Morgan fingerprint density at radius 2 is 1.97 bits per heavy atom. The highest BCUT2D eigenvalue weighted by Gasteiger charge is 2.41. The minimum Gasteiger partial charge on any atom is -0.497 e. The molecule has 7 heteroatoms. The van der Waals surface area contributed by atoms with E-state index in [2.05, 4.69) is 13.0 Å². The summed E-state index contributed by atoms with van der Waals surface area (Å²) < 4.78 is 17.4. The van der Waals surface area contributed by atoms with E-state index in [0.29, 0.717) is 41.7 Å². The Morgan fingerprint density at radius 1 is 1.16 bits per heavy atom. The summed E-state index contributed by atoms with van der Waals surface area (Å²) in [7, 11) is 1.62. The van der Waals surface area contributed by atoms with Crippen molar-refractivity contribution in [3.8, 4) is 23.3 Å². The molecule has 0 saturated heterocycles. The summed E-state index contributed by atoms with van der Waals surface area (Å²) >= 11 is 0. The highest BCUT2D eigenvalue weighted by Crippen LogP contribution is 2.47. The fourth-order valence-corrected chi connectivity index (χ4v) is 5.44. The summed E-state index contributed by atoms with van der Waals surface area (Å²) in [4.78, 5) is 18.2. The molecule has 7 nitrogen and oxygen atoms in total. The number of carbonyl (C=O) groups excluding carboxylic acids is 1. The number of nitriles is 1. The Balaban J connectivity index is 1.72. The van der Waals surface area contributed by atoms with Crippen LogP contribution in [0.15, 0.2) is 52.7 Å². The number of hydrogen-bond acceptors (Lipinski definition) is 7. The first-order chi connectivity index (χ1) is 17.9. The van der Waals surface area contributed by atoms with Crippen molar-refractivity contribution in [2.75, 3.05) is 19.5 Å². The van der Waals surface area contributed by atoms with E-state index in [1.165, 1.54) is 0 Å². The molecule has 0 radical (unpaired) electrons. The van der Waals surface area contributed by atoms with Crippen LogP contribution in [0.2, 0.25) is 0 Å². The topological polar surface area (TPSA) is 107 Å². The summed E-state index contributed by atoms with van der Waals surface area (Å²) in [6, 6.07) is 13.7. The molecule has 2 aliphatic rings. The predicted molar refractivity (Wildman–Crippen MR) is 144 cm³/mol. The Kier molecular flexibility index (Phi) is 8.17. The SMILES string of the molecule is CCCC1CC(=O)C2=C(C1)N=C(C)C(C#N)C2c1cc(N)c(OCc2cccc(OC)c2)c(OCC)c1. The van der Waals surface area contributed by atoms with E-state index in [-0.39, 0.29) is 12.4 Å². The largest absolute Gasteiger partial charge is 0.497 e. The lowest BCUT2D eigenvalue weighted by Gasteiger charge is -2.35. The zero-order valence-corrected chi connectivity index (χ0v) is 22.0. The summed E-state index contributed by atoms with van der Waals surface area (Å²) in [5.74, 6) is 1.06. The van der Waals surface area contributed by atoms with Crippen LogP contribution in [0.5, 0.6) is 17.2 Å². The third-order valence-electron chi connectivity index (χ3n) is 7.09. The molecule has 0 amide bonds. The number of hydrogen-bond donors (Lipinski definition) is 1. The molecule has 4 rings (SSSR count). The average Bonchev–Trinajstić information content (AvgIpc) is 2.87. The van der Waals surface area contributed by atoms with Crippen LogP contribution in [0.4, 0.5) is 5.69 Å². The molecule has 2 N–H and O–H groups in total. The molecule has 2 aromatic rings. The Morgan fingerprint density at radius 3 is 2.68 bits per heavy atom. The molecule has 0 saturated carbocycles. The van der Waals surface area contributed by atoms with Gasteiger partial charge in [0.25, 0.3) is 0 Å². The van der Waals surface area contributed by atoms with Crippen LogP contribution < -0.4 is 19.9 Å². The van der Waals surface area contributed by atoms with Crippen LogP contribution in [0.3, 0.4) is 0 Å². The van der Waals surface area contributed by atoms with Crippen molar-refractivity contribution in [2.45, 2.75) is 59.0 Å². The standard InChI is InChI=1S/C30H35N3O4/c1-5-8-19-12-25-29(26(34)13-19)28(23(16-31)18(3)33-25)21-14-24(32)30(27(15-21)36-6-2)37-17-20-9-7-10-22(11-20)35-4/h7,9-11,14-15,19,23,28H,5-6,8,12-13,17,32H2,1-4H3. The van der Waals surface area contributed by atoms with Crippen molar-refractivity contribution in [3.05, 3.63) is 58.8 Å². The number of allylic oxidation sites excluding steroid dienone is 2. The van der Waals surface area contributed by atoms with E-state index in [0.717, 1.165) is 47.5 Å². The minimum atomic E-state index is -0.553. The van der Waals surface area contributed by atoms with Gasteiger partial charge < -0.3 is 19.9 Å². The highest BCUT2D eigenvalue weighted by atomic mass is 16.5. The van der Waals surface area contributed by atoms with Crippen LogP contribution >= 0.6 is 0 Å². The second-order valence-corrected chi connectivity index (χ2v) is 9.69. The van der Waals surface area contributed by atoms with Gasteiger partial charge in [0, 0.05) is 29.3 Å². The van der Waals surface area contributed by atoms with Crippen molar-refractivity contribution in [1.82, 2.24) is 0 Å². The third-order valence-corrected chi connectivity index (χ3v) is 7.09. The highest BCUT2D eigenvalue weighted by molar-refractivity contribution is 6.03. The van der Waals surface area contributed by atoms with Gasteiger partial charge in [-0.1, -0.05) is 25.5 Å². The lowest BCUT2D eigenvalue weighted by molar-refractivity contribution is -0.117. The number of Topliss-reactive ketones (excluding diaryl/α,β-unsaturated/α-hetero) is 1. The average molecular weight is 502 g/mol. The maximum atomic E-state index is 13.4. The number of benzene rings is 2. The number of anilines is 1. The molecule has 3 atom stereocenters. The van der Waals surface area contributed by atoms with Gasteiger partial charge in [0.15, 0.2) is 17.3 Å². The summed E-state index contributed by atoms with van der Waals surface area (Å²) in [5, 5.41) is 10.1. The molecule has 37 heavy (non-hydrogen) atoms. The van der Waals surface area contributed by atoms with Crippen molar-refractivity contribution in [2.24, 2.45) is 16.8 Å². The van der Waals surface area contributed by atoms with Crippen LogP contribution in [0.25, 0.3) is 0 Å². The van der Waals surface area contributed by atoms with Gasteiger partial charge in [-0.2, -0.15) is 5.26 Å². The second-order valence-electron chi connectivity index (χ2n) is 9.69. The maximum absolute atomic E-state index is 13.4. The number of aliphatic imine (C=N–C) groups is 1. The molecular formula is C30H35N3O4. The van der Waals surface area contributed by atoms with Gasteiger partial charge in [0.05, 0.1) is 31.4 Å². The van der Waals surface area contributed by atoms with Gasteiger partial charge >= 0.3 is 0 Å². The molecule has 2 aromatic carbocycles. The number of nitrogen functional groups attached to an aromatic ring is 1. The Bertz CT molecular complexity index is 1270. The second kappa shape index (κ2) is 11.5. The summed E-state index contributed by atoms with van der Waals surface area (Å²) in [6.45, 7) is 6.59. The molecule has 3 unspecified atom stereocenters. The molecule has 0 fully saturated rings. The molecule has 0 bridgehead atoms. The summed E-state index contributed by atoms with van der Waals surface area (Å²) in [5.41, 5.74) is 10.8. The van der Waals surface area contributed by atoms with Crippen LogP contribution in [-0.2, 0) is 11.4 Å². The first-order valence-corrected chi connectivity index (χ1v) is 12.9. The number of ketones is 1. The van der Waals surface area contributed by atoms with Crippen molar-refractivity contribution >= 4 is 17.2 Å². The van der Waals surface area contributed by atoms with Gasteiger partial charge in [-0.3, -0.25) is 9.79 Å². The maximum Gasteiger partial charge on any atom is 0.184 e. The van der Waals surface area contributed by atoms with E-state index in [1.807, 2.05) is 50.2 Å². The zero-order chi connectivity index (χ0) is 26.5. The van der Waals surface area contributed by atoms with E-state index in [4.69, 9.17) is 24.9 Å². The van der Waals surface area contributed by atoms with Gasteiger partial charge in [-0.05, 0) is 68.0 Å². The van der Waals surface area contributed by atoms with E-state index >= 15 is 0 Å². The number of nitrogens with two attached hydrogens (primary N) is 1. The first-order valence-electron chi connectivity index (χ1n) is 12.9. The molecular weight excluding hydrogens is 466 g/mol. The van der Waals surface area contributed by atoms with Gasteiger partial charge in [-0.15, -0.1) is 0 Å². The molecule has 0 spiro atoms. The number of methoxy groups -OCH3 is 1. The van der Waals surface area contributed by atoms with Gasteiger partial charge in [-0.25, -0.2) is 0 Å². The van der Waals surface area contributed by atoms with Gasteiger partial charge in [0.1, 0.15) is 12.4 Å². The van der Waals surface area contributed by atoms with Crippen LogP contribution in [0, 0.1) is 23.2 Å². The first kappa shape index (κ1) is 26.3. The molecule has 0 aromatic heterocycles.